The summed E-state index contributed by atoms with van der Waals surface area (Å²) in [7, 11) is 0. The fraction of sp³-hybridized carbons (Fsp3) is 1.00. The third-order valence-corrected chi connectivity index (χ3v) is 21.8. The molecule has 0 saturated heterocycles. The summed E-state index contributed by atoms with van der Waals surface area (Å²) in [6.45, 7) is 58.1. The van der Waals surface area contributed by atoms with Crippen LogP contribution in [0.3, 0.4) is 0 Å². The van der Waals surface area contributed by atoms with E-state index in [4.69, 9.17) is 0 Å². The van der Waals surface area contributed by atoms with Crippen LogP contribution in [0.5, 0.6) is 0 Å². The van der Waals surface area contributed by atoms with E-state index in [2.05, 4.69) is 152 Å². The van der Waals surface area contributed by atoms with E-state index < -0.39 is 0 Å². The lowest BCUT2D eigenvalue weighted by Gasteiger charge is -2.69. The minimum absolute atomic E-state index is 0.207. The molecular weight excluding hydrogens is 805 g/mol. The zero-order valence-electron chi connectivity index (χ0n) is 51.5. The van der Waals surface area contributed by atoms with Crippen LogP contribution in [0.25, 0.3) is 0 Å². The lowest BCUT2D eigenvalue weighted by molar-refractivity contribution is -0.200. The molecule has 0 bridgehead atoms. The van der Waals surface area contributed by atoms with Gasteiger partial charge in [-0.05, 0) is 157 Å². The smallest absolute Gasteiger partial charge is 0.0174 e. The van der Waals surface area contributed by atoms with Crippen molar-refractivity contribution in [3.05, 3.63) is 0 Å². The Kier molecular flexibility index (Phi) is 34.4. The van der Waals surface area contributed by atoms with Gasteiger partial charge in [0.25, 0.3) is 0 Å². The first-order valence-corrected chi connectivity index (χ1v) is 31.7. The van der Waals surface area contributed by atoms with Crippen molar-refractivity contribution in [2.75, 3.05) is 0 Å². The molecule has 0 heterocycles. The molecule has 0 N–H and O–H groups in total. The summed E-state index contributed by atoms with van der Waals surface area (Å²) in [4.78, 5) is 0. The molecule has 0 heteroatoms. The SMILES string of the molecule is CCCCC(C)(CC)CC(CC(C)C(CC)CCC)C(C)(CC(C)CC(C)CC)C(CC(C)C(CC)CC)(CC(C)(CC)CCC)C(CC)(CCCC(CC)CC)C(C)CCC(CC)CCC. The molecule has 0 spiro atoms. The van der Waals surface area contributed by atoms with Crippen molar-refractivity contribution in [3.8, 4) is 0 Å². The van der Waals surface area contributed by atoms with E-state index in [9.17, 15) is 0 Å². The van der Waals surface area contributed by atoms with Crippen LogP contribution in [0.4, 0.5) is 0 Å². The first-order chi connectivity index (χ1) is 31.7. The Morgan fingerprint density at radius 1 is 0.388 bits per heavy atom. The van der Waals surface area contributed by atoms with E-state index in [0.717, 1.165) is 47.3 Å². The number of hydrogen-bond acceptors (Lipinski definition) is 0. The molecule has 0 aliphatic heterocycles. The summed E-state index contributed by atoms with van der Waals surface area (Å²) in [5.41, 5.74) is 1.41. The summed E-state index contributed by atoms with van der Waals surface area (Å²) in [5.74, 6) is 7.78. The van der Waals surface area contributed by atoms with E-state index in [1.54, 1.807) is 0 Å². The topological polar surface area (TPSA) is 0 Å². The van der Waals surface area contributed by atoms with E-state index in [1.165, 1.54) is 193 Å². The first kappa shape index (κ1) is 67.0. The van der Waals surface area contributed by atoms with Crippen LogP contribution in [-0.4, -0.2) is 0 Å². The second kappa shape index (κ2) is 34.4. The molecule has 0 rings (SSSR count). The summed E-state index contributed by atoms with van der Waals surface area (Å²) >= 11 is 0. The van der Waals surface area contributed by atoms with Gasteiger partial charge in [0.05, 0.1) is 0 Å². The molecule has 0 aromatic heterocycles. The highest BCUT2D eigenvalue weighted by atomic mass is 14.7. The van der Waals surface area contributed by atoms with Crippen LogP contribution in [-0.2, 0) is 0 Å². The quantitative estimate of drug-likeness (QED) is 0.0571. The third-order valence-electron chi connectivity index (χ3n) is 21.8. The van der Waals surface area contributed by atoms with Crippen LogP contribution in [0, 0.1) is 86.3 Å². The Bertz CT molecular complexity index is 1160. The molecule has 0 aliphatic carbocycles. The Hall–Kier alpha value is 0. The van der Waals surface area contributed by atoms with Crippen LogP contribution < -0.4 is 0 Å². The van der Waals surface area contributed by atoms with Crippen LogP contribution in [0.1, 0.15) is 345 Å². The van der Waals surface area contributed by atoms with Gasteiger partial charge in [0, 0.05) is 0 Å². The Morgan fingerprint density at radius 3 is 1.43 bits per heavy atom. The average molecular weight is 942 g/mol. The van der Waals surface area contributed by atoms with E-state index in [1.807, 2.05) is 0 Å². The highest BCUT2D eigenvalue weighted by Gasteiger charge is 2.65. The minimum atomic E-state index is 0.207. The minimum Gasteiger partial charge on any atom is -0.0654 e. The summed E-state index contributed by atoms with van der Waals surface area (Å²) in [5, 5.41) is 0. The fourth-order valence-electron chi connectivity index (χ4n) is 16.4. The Labute approximate surface area is 429 Å². The summed E-state index contributed by atoms with van der Waals surface area (Å²) in [6, 6.07) is 0. The maximum Gasteiger partial charge on any atom is -0.0174 e. The molecule has 0 nitrogen and oxygen atoms in total. The molecule has 0 aromatic rings. The van der Waals surface area contributed by atoms with Gasteiger partial charge in [-0.2, -0.15) is 0 Å². The lowest BCUT2D eigenvalue weighted by atomic mass is 9.36. The average Bonchev–Trinajstić information content (AvgIpc) is 3.31. The van der Waals surface area contributed by atoms with Crippen LogP contribution >= 0.6 is 0 Å². The summed E-state index contributed by atoms with van der Waals surface area (Å²) < 4.78 is 0. The number of hydrogen-bond donors (Lipinski definition) is 0. The van der Waals surface area contributed by atoms with Gasteiger partial charge in [-0.15, -0.1) is 0 Å². The van der Waals surface area contributed by atoms with E-state index >= 15 is 0 Å². The second-order valence-corrected chi connectivity index (χ2v) is 26.4. The summed E-state index contributed by atoms with van der Waals surface area (Å²) in [6.07, 6.45) is 41.3. The molecule has 13 atom stereocenters. The normalized spacial score (nSPS) is 20.8. The predicted molar refractivity (Wildman–Crippen MR) is 310 cm³/mol. The van der Waals surface area contributed by atoms with Crippen molar-refractivity contribution in [1.29, 1.82) is 0 Å². The third kappa shape index (κ3) is 19.7. The monoisotopic (exact) mass is 941 g/mol. The van der Waals surface area contributed by atoms with Crippen molar-refractivity contribution in [1.82, 2.24) is 0 Å². The van der Waals surface area contributed by atoms with Gasteiger partial charge < -0.3 is 0 Å². The van der Waals surface area contributed by atoms with Gasteiger partial charge in [0.2, 0.25) is 0 Å². The van der Waals surface area contributed by atoms with Crippen LogP contribution in [0.2, 0.25) is 0 Å². The number of unbranched alkanes of at least 4 members (excludes halogenated alkanes) is 1. The molecule has 0 fully saturated rings. The molecule has 0 amide bonds. The zero-order valence-corrected chi connectivity index (χ0v) is 51.5. The molecule has 13 unspecified atom stereocenters. The molecule has 0 aliphatic rings. The molecular formula is C67H136. The van der Waals surface area contributed by atoms with Crippen molar-refractivity contribution < 1.29 is 0 Å². The van der Waals surface area contributed by atoms with Crippen molar-refractivity contribution in [3.63, 3.8) is 0 Å². The second-order valence-electron chi connectivity index (χ2n) is 26.4. The largest absolute Gasteiger partial charge is 0.0654 e. The predicted octanol–water partition coefficient (Wildman–Crippen LogP) is 24.2. The van der Waals surface area contributed by atoms with E-state index in [0.29, 0.717) is 22.7 Å². The Morgan fingerprint density at radius 2 is 0.970 bits per heavy atom. The molecule has 0 saturated carbocycles. The van der Waals surface area contributed by atoms with Crippen molar-refractivity contribution in [2.24, 2.45) is 86.3 Å². The highest BCUT2D eigenvalue weighted by Crippen LogP contribution is 2.73. The maximum atomic E-state index is 3.11. The van der Waals surface area contributed by atoms with Gasteiger partial charge >= 0.3 is 0 Å². The Balaban J connectivity index is 9.76. The molecule has 0 aromatic carbocycles. The van der Waals surface area contributed by atoms with Gasteiger partial charge in [-0.3, -0.25) is 0 Å². The number of rotatable bonds is 44. The molecule has 404 valence electrons. The standard InChI is InChI=1S/C67H136/c1-23-37-45-63(20,34-12)51-62(48-55(17)61(33-11)40-25-3)65(22,49-54(16)47-53(15)27-5)67(50-56(18)60(31-9)32-10,52-64(21,35-13)44-26-4)66(36-14,46-38-41-58(28-6)29-7)57(19)42-43-59(30-8)39-24-2/h53-62H,23-52H2,1-22H3. The van der Waals surface area contributed by atoms with Crippen LogP contribution in [0.15, 0.2) is 0 Å². The molecule has 67 heavy (non-hydrogen) atoms. The lowest BCUT2D eigenvalue weighted by Crippen LogP contribution is -2.61. The van der Waals surface area contributed by atoms with Crippen molar-refractivity contribution in [2.45, 2.75) is 345 Å². The maximum absolute atomic E-state index is 3.11. The van der Waals surface area contributed by atoms with Gasteiger partial charge in [0.15, 0.2) is 0 Å². The van der Waals surface area contributed by atoms with Gasteiger partial charge in [0.1, 0.15) is 0 Å². The zero-order chi connectivity index (χ0) is 51.5. The van der Waals surface area contributed by atoms with E-state index in [-0.39, 0.29) is 16.2 Å². The highest BCUT2D eigenvalue weighted by molar-refractivity contribution is 5.13. The first-order valence-electron chi connectivity index (χ1n) is 31.7. The molecule has 0 radical (unpaired) electrons. The van der Waals surface area contributed by atoms with Gasteiger partial charge in [-0.25, -0.2) is 0 Å². The van der Waals surface area contributed by atoms with Gasteiger partial charge in [-0.1, -0.05) is 274 Å². The van der Waals surface area contributed by atoms with Crippen molar-refractivity contribution >= 4 is 0 Å². The fourth-order valence-corrected chi connectivity index (χ4v) is 16.4.